The molecular weight excluding hydrogens is 694 g/mol. The Morgan fingerprint density at radius 2 is 1.43 bits per heavy atom. The van der Waals surface area contributed by atoms with Crippen LogP contribution in [-0.2, 0) is 16.1 Å². The van der Waals surface area contributed by atoms with Gasteiger partial charge in [-0.3, -0.25) is 9.69 Å². The molecule has 2 aliphatic heterocycles. The largest absolute Gasteiger partial charge is 0.497 e. The maximum Gasteiger partial charge on any atom is 0.490 e. The van der Waals surface area contributed by atoms with Crippen molar-refractivity contribution in [3.8, 4) is 5.75 Å². The number of rotatable bonds is 9. The van der Waals surface area contributed by atoms with Crippen molar-refractivity contribution in [3.05, 3.63) is 70.1 Å². The quantitative estimate of drug-likeness (QED) is 0.174. The van der Waals surface area contributed by atoms with Gasteiger partial charge in [0.1, 0.15) is 11.3 Å². The van der Waals surface area contributed by atoms with Gasteiger partial charge >= 0.3 is 29.9 Å². The summed E-state index contributed by atoms with van der Waals surface area (Å²) in [5, 5.41) is 21.7. The maximum absolute atomic E-state index is 12.5. The standard InChI is InChI=1S/C29H36N4O4.2C2HF3O2/c1-36-24-8-9-27-25(18-24)26(19-28(34)37-27)31-23-10-15-33(16-11-23)20-21-4-6-22(7-5-21)29(35)30-12-17-32-13-2-3-14-32;2*3-2(4,5)1(6)7/h4-9,18-19,23,31H,2-3,10-17,20H2,1H3,(H,30,35);2*(H,6,7). The number of benzene rings is 2. The number of alkyl halides is 6. The van der Waals surface area contributed by atoms with Crippen LogP contribution in [0, 0.1) is 0 Å². The van der Waals surface area contributed by atoms with Crippen molar-refractivity contribution in [1.29, 1.82) is 0 Å². The average molecular weight is 733 g/mol. The number of carbonyl (C=O) groups excluding carboxylic acids is 1. The highest BCUT2D eigenvalue weighted by molar-refractivity contribution is 5.94. The van der Waals surface area contributed by atoms with Crippen molar-refractivity contribution in [2.75, 3.05) is 51.7 Å². The Labute approximate surface area is 288 Å². The van der Waals surface area contributed by atoms with Crippen LogP contribution in [-0.4, -0.2) is 103 Å². The Bertz CT molecular complexity index is 1640. The van der Waals surface area contributed by atoms with E-state index in [-0.39, 0.29) is 17.6 Å². The number of hydrogen-bond donors (Lipinski definition) is 4. The molecule has 0 aliphatic carbocycles. The number of likely N-dealkylation sites (tertiary alicyclic amines) is 2. The number of hydrogen-bond acceptors (Lipinski definition) is 9. The van der Waals surface area contributed by atoms with Gasteiger partial charge in [0.2, 0.25) is 0 Å². The van der Waals surface area contributed by atoms with Crippen LogP contribution in [0.5, 0.6) is 5.75 Å². The zero-order valence-corrected chi connectivity index (χ0v) is 27.5. The third kappa shape index (κ3) is 13.4. The third-order valence-corrected chi connectivity index (χ3v) is 7.92. The second kappa shape index (κ2) is 18.4. The Morgan fingerprint density at radius 1 is 0.863 bits per heavy atom. The number of nitrogens with zero attached hydrogens (tertiary/aromatic N) is 2. The van der Waals surface area contributed by atoms with Crippen LogP contribution in [0.2, 0.25) is 0 Å². The summed E-state index contributed by atoms with van der Waals surface area (Å²) in [5.74, 6) is -4.79. The molecular formula is C33H38F6N4O8. The van der Waals surface area contributed by atoms with Gasteiger partial charge in [-0.05, 0) is 74.7 Å². The van der Waals surface area contributed by atoms with E-state index >= 15 is 0 Å². The maximum atomic E-state index is 12.5. The van der Waals surface area contributed by atoms with E-state index in [9.17, 15) is 35.9 Å². The van der Waals surface area contributed by atoms with Crippen molar-refractivity contribution in [3.63, 3.8) is 0 Å². The highest BCUT2D eigenvalue weighted by Crippen LogP contribution is 2.28. The zero-order chi connectivity index (χ0) is 37.8. The molecule has 18 heteroatoms. The Hall–Kier alpha value is -4.84. The lowest BCUT2D eigenvalue weighted by Crippen LogP contribution is -2.38. The van der Waals surface area contributed by atoms with Gasteiger partial charge in [-0.2, -0.15) is 26.3 Å². The van der Waals surface area contributed by atoms with Crippen LogP contribution in [0.4, 0.5) is 32.0 Å². The minimum absolute atomic E-state index is 0.00210. The number of piperidine rings is 1. The Kier molecular flexibility index (Phi) is 14.7. The van der Waals surface area contributed by atoms with Crippen LogP contribution in [0.15, 0.2) is 57.7 Å². The Morgan fingerprint density at radius 3 is 1.96 bits per heavy atom. The second-order valence-corrected chi connectivity index (χ2v) is 11.6. The van der Waals surface area contributed by atoms with Crippen molar-refractivity contribution < 1.29 is 60.1 Å². The topological polar surface area (TPSA) is 162 Å². The summed E-state index contributed by atoms with van der Waals surface area (Å²) in [6, 6.07) is 15.2. The highest BCUT2D eigenvalue weighted by atomic mass is 19.4. The number of carbonyl (C=O) groups is 3. The molecule has 0 spiro atoms. The van der Waals surface area contributed by atoms with E-state index < -0.39 is 24.3 Å². The van der Waals surface area contributed by atoms with E-state index in [1.807, 2.05) is 18.2 Å². The molecule has 2 aliphatic rings. The molecule has 3 heterocycles. The summed E-state index contributed by atoms with van der Waals surface area (Å²) >= 11 is 0. The number of anilines is 1. The van der Waals surface area contributed by atoms with E-state index in [4.69, 9.17) is 29.0 Å². The van der Waals surface area contributed by atoms with E-state index in [0.717, 1.165) is 68.9 Å². The van der Waals surface area contributed by atoms with Crippen molar-refractivity contribution in [2.24, 2.45) is 0 Å². The second-order valence-electron chi connectivity index (χ2n) is 11.6. The van der Waals surface area contributed by atoms with Crippen LogP contribution < -0.4 is 21.0 Å². The number of aliphatic carboxylic acids is 2. The molecule has 5 rings (SSSR count). The van der Waals surface area contributed by atoms with Gasteiger partial charge in [0.15, 0.2) is 0 Å². The molecule has 0 saturated carbocycles. The van der Waals surface area contributed by atoms with Gasteiger partial charge in [0.25, 0.3) is 5.91 Å². The predicted octanol–water partition coefficient (Wildman–Crippen LogP) is 4.97. The monoisotopic (exact) mass is 732 g/mol. The number of methoxy groups -OCH3 is 1. The number of halogens is 6. The summed E-state index contributed by atoms with van der Waals surface area (Å²) in [6.07, 6.45) is -5.68. The molecule has 0 bridgehead atoms. The first kappa shape index (κ1) is 40.6. The first-order valence-corrected chi connectivity index (χ1v) is 15.8. The number of nitrogens with one attached hydrogen (secondary N) is 2. The normalized spacial score (nSPS) is 15.6. The number of ether oxygens (including phenoxy) is 1. The molecule has 4 N–H and O–H groups in total. The summed E-state index contributed by atoms with van der Waals surface area (Å²) < 4.78 is 74.2. The fourth-order valence-corrected chi connectivity index (χ4v) is 5.30. The summed E-state index contributed by atoms with van der Waals surface area (Å²) in [6.45, 7) is 6.69. The van der Waals surface area contributed by atoms with E-state index in [1.54, 1.807) is 19.2 Å². The molecule has 3 aromatic rings. The van der Waals surface area contributed by atoms with Crippen molar-refractivity contribution >= 4 is 34.5 Å². The number of fused-ring (bicyclic) bond motifs is 1. The summed E-state index contributed by atoms with van der Waals surface area (Å²) in [5.41, 5.74) is 2.90. The van der Waals surface area contributed by atoms with Crippen LogP contribution in [0.3, 0.4) is 0 Å². The van der Waals surface area contributed by atoms with Gasteiger partial charge in [0.05, 0.1) is 12.8 Å². The van der Waals surface area contributed by atoms with Gasteiger partial charge in [-0.25, -0.2) is 14.4 Å². The zero-order valence-electron chi connectivity index (χ0n) is 27.5. The number of carboxylic acids is 2. The molecule has 2 fully saturated rings. The fourth-order valence-electron chi connectivity index (χ4n) is 5.30. The molecule has 1 aromatic heterocycles. The molecule has 0 unspecified atom stereocenters. The van der Waals surface area contributed by atoms with Gasteiger partial charge in [-0.15, -0.1) is 0 Å². The average Bonchev–Trinajstić information content (AvgIpc) is 3.59. The minimum atomic E-state index is -5.08. The SMILES string of the molecule is COc1ccc2oc(=O)cc(NC3CCN(Cc4ccc(C(=O)NCCN5CCCC5)cc4)CC3)c2c1.O=C(O)C(F)(F)F.O=C(O)C(F)(F)F. The molecule has 51 heavy (non-hydrogen) atoms. The van der Waals surface area contributed by atoms with E-state index in [0.29, 0.717) is 17.7 Å². The van der Waals surface area contributed by atoms with Gasteiger partial charge < -0.3 is 34.9 Å². The lowest BCUT2D eigenvalue weighted by Gasteiger charge is -2.33. The summed E-state index contributed by atoms with van der Waals surface area (Å²) in [7, 11) is 1.63. The highest BCUT2D eigenvalue weighted by Gasteiger charge is 2.39. The predicted molar refractivity (Wildman–Crippen MR) is 173 cm³/mol. The van der Waals surface area contributed by atoms with Crippen LogP contribution in [0.25, 0.3) is 11.0 Å². The van der Waals surface area contributed by atoms with Crippen LogP contribution in [0.1, 0.15) is 41.6 Å². The molecule has 1 amide bonds. The number of carboxylic acid groups (broad SMARTS) is 2. The lowest BCUT2D eigenvalue weighted by molar-refractivity contribution is -0.193. The molecule has 2 saturated heterocycles. The summed E-state index contributed by atoms with van der Waals surface area (Å²) in [4.78, 5) is 47.1. The van der Waals surface area contributed by atoms with E-state index in [1.165, 1.54) is 24.5 Å². The third-order valence-electron chi connectivity index (χ3n) is 7.92. The van der Waals surface area contributed by atoms with Gasteiger partial charge in [0, 0.05) is 55.8 Å². The number of amides is 1. The molecule has 12 nitrogen and oxygen atoms in total. The smallest absolute Gasteiger partial charge is 0.490 e. The first-order valence-electron chi connectivity index (χ1n) is 15.8. The first-order chi connectivity index (χ1) is 24.0. The van der Waals surface area contributed by atoms with Crippen molar-refractivity contribution in [2.45, 2.75) is 50.6 Å². The van der Waals surface area contributed by atoms with Crippen molar-refractivity contribution in [1.82, 2.24) is 15.1 Å². The van der Waals surface area contributed by atoms with E-state index in [2.05, 4.69) is 32.6 Å². The molecule has 280 valence electrons. The fraction of sp³-hybridized carbons (Fsp3) is 0.455. The Balaban J connectivity index is 0.000000424. The molecule has 0 atom stereocenters. The lowest BCUT2D eigenvalue weighted by atomic mass is 10.0. The molecule has 0 radical (unpaired) electrons. The minimum Gasteiger partial charge on any atom is -0.497 e. The molecule has 2 aromatic carbocycles. The van der Waals surface area contributed by atoms with Gasteiger partial charge in [-0.1, -0.05) is 12.1 Å². The van der Waals surface area contributed by atoms with Crippen LogP contribution >= 0.6 is 0 Å².